The number of amides is 1. The number of sulfonamides is 1. The first kappa shape index (κ1) is 23.7. The molecule has 0 saturated carbocycles. The fourth-order valence-corrected chi connectivity index (χ4v) is 5.54. The Hall–Kier alpha value is -1.93. The van der Waals surface area contributed by atoms with Crippen molar-refractivity contribution in [1.29, 1.82) is 0 Å². The molecule has 0 aliphatic carbocycles. The smallest absolute Gasteiger partial charge is 0.251 e. The molecule has 0 unspecified atom stereocenters. The van der Waals surface area contributed by atoms with Crippen LogP contribution in [0.4, 0.5) is 0 Å². The van der Waals surface area contributed by atoms with Gasteiger partial charge < -0.3 is 10.1 Å². The number of carbonyl (C=O) groups is 1. The summed E-state index contributed by atoms with van der Waals surface area (Å²) in [7, 11) is -3.74. The summed E-state index contributed by atoms with van der Waals surface area (Å²) in [6.45, 7) is 4.47. The molecule has 1 saturated heterocycles. The fourth-order valence-electron chi connectivity index (χ4n) is 3.52. The Morgan fingerprint density at radius 3 is 2.32 bits per heavy atom. The van der Waals surface area contributed by atoms with E-state index in [1.54, 1.807) is 6.07 Å². The van der Waals surface area contributed by atoms with Gasteiger partial charge in [0.05, 0.1) is 11.6 Å². The molecular weight excluding hydrogens is 436 g/mol. The predicted octanol–water partition coefficient (Wildman–Crippen LogP) is 4.37. The quantitative estimate of drug-likeness (QED) is 0.629. The molecule has 2 aromatic carbocycles. The van der Waals surface area contributed by atoms with Crippen molar-refractivity contribution in [1.82, 2.24) is 9.62 Å². The molecule has 1 fully saturated rings. The maximum Gasteiger partial charge on any atom is 0.251 e. The van der Waals surface area contributed by atoms with Crippen molar-refractivity contribution in [2.75, 3.05) is 19.7 Å². The third kappa shape index (κ3) is 6.29. The van der Waals surface area contributed by atoms with Gasteiger partial charge in [0.15, 0.2) is 0 Å². The molecule has 1 heterocycles. The Bertz CT molecular complexity index is 985. The molecule has 1 amide bonds. The summed E-state index contributed by atoms with van der Waals surface area (Å²) in [5.41, 5.74) is 2.28. The van der Waals surface area contributed by atoms with Crippen LogP contribution >= 0.6 is 11.6 Å². The molecule has 2 aromatic rings. The summed E-state index contributed by atoms with van der Waals surface area (Å²) in [5, 5.41) is 2.97. The maximum atomic E-state index is 13.1. The molecule has 0 radical (unpaired) electrons. The zero-order chi connectivity index (χ0) is 22.3. The van der Waals surface area contributed by atoms with Crippen LogP contribution in [-0.2, 0) is 27.9 Å². The van der Waals surface area contributed by atoms with Crippen LogP contribution in [0.15, 0.2) is 47.4 Å². The van der Waals surface area contributed by atoms with Gasteiger partial charge in [-0.05, 0) is 49.1 Å². The molecule has 31 heavy (non-hydrogen) atoms. The fraction of sp³-hybridized carbons (Fsp3) is 0.435. The minimum atomic E-state index is -3.74. The highest BCUT2D eigenvalue weighted by Crippen LogP contribution is 2.27. The van der Waals surface area contributed by atoms with Gasteiger partial charge in [-0.3, -0.25) is 4.79 Å². The average Bonchev–Trinajstić information content (AvgIpc) is 3.07. The van der Waals surface area contributed by atoms with Crippen LogP contribution in [0, 0.1) is 0 Å². The summed E-state index contributed by atoms with van der Waals surface area (Å²) < 4.78 is 33.1. The second-order valence-corrected chi connectivity index (χ2v) is 9.91. The molecule has 3 rings (SSSR count). The van der Waals surface area contributed by atoms with Crippen molar-refractivity contribution >= 4 is 27.5 Å². The molecule has 0 aromatic heterocycles. The lowest BCUT2D eigenvalue weighted by Crippen LogP contribution is -2.32. The second-order valence-electron chi connectivity index (χ2n) is 7.60. The molecule has 1 aliphatic rings. The number of hydrogen-bond acceptors (Lipinski definition) is 4. The van der Waals surface area contributed by atoms with Gasteiger partial charge in [-0.15, -0.1) is 0 Å². The van der Waals surface area contributed by atoms with Crippen molar-refractivity contribution in [3.8, 4) is 0 Å². The predicted molar refractivity (Wildman–Crippen MR) is 122 cm³/mol. The lowest BCUT2D eigenvalue weighted by molar-refractivity contribution is 0.0950. The Kier molecular flexibility index (Phi) is 8.49. The van der Waals surface area contributed by atoms with Gasteiger partial charge in [0.25, 0.3) is 5.91 Å². The highest BCUT2D eigenvalue weighted by Gasteiger charge is 2.28. The second kappa shape index (κ2) is 11.1. The van der Waals surface area contributed by atoms with E-state index in [9.17, 15) is 13.2 Å². The molecule has 8 heteroatoms. The summed E-state index contributed by atoms with van der Waals surface area (Å²) in [4.78, 5) is 12.7. The van der Waals surface area contributed by atoms with Crippen LogP contribution in [0.1, 0.15) is 54.1 Å². The van der Waals surface area contributed by atoms with Crippen LogP contribution in [-0.4, -0.2) is 38.3 Å². The van der Waals surface area contributed by atoms with Crippen molar-refractivity contribution in [2.45, 2.75) is 50.7 Å². The van der Waals surface area contributed by atoms with Crippen LogP contribution in [0.25, 0.3) is 0 Å². The number of hydrogen-bond donors (Lipinski definition) is 1. The zero-order valence-electron chi connectivity index (χ0n) is 17.8. The molecule has 0 atom stereocenters. The number of ether oxygens (including phenoxy) is 1. The van der Waals surface area contributed by atoms with E-state index in [2.05, 4.69) is 5.32 Å². The number of nitrogens with zero attached hydrogens (tertiary/aromatic N) is 1. The Morgan fingerprint density at radius 1 is 1.03 bits per heavy atom. The van der Waals surface area contributed by atoms with Gasteiger partial charge in [0.2, 0.25) is 10.0 Å². The highest BCUT2D eigenvalue weighted by molar-refractivity contribution is 7.89. The molecule has 168 valence electrons. The van der Waals surface area contributed by atoms with E-state index in [4.69, 9.17) is 16.3 Å². The third-order valence-corrected chi connectivity index (χ3v) is 7.71. The van der Waals surface area contributed by atoms with Gasteiger partial charge in [-0.2, -0.15) is 4.31 Å². The number of carbonyl (C=O) groups excluding carboxylic acids is 1. The Morgan fingerprint density at radius 2 is 1.68 bits per heavy atom. The largest absolute Gasteiger partial charge is 0.377 e. The minimum absolute atomic E-state index is 0.0102. The monoisotopic (exact) mass is 464 g/mol. The molecule has 1 N–H and O–H groups in total. The number of halogens is 1. The van der Waals surface area contributed by atoms with E-state index >= 15 is 0 Å². The summed E-state index contributed by atoms with van der Waals surface area (Å²) in [5.74, 6) is -0.345. The van der Waals surface area contributed by atoms with E-state index in [1.807, 2.05) is 31.2 Å². The number of benzene rings is 2. The standard InChI is InChI=1S/C23H29ClN2O4S/c1-2-30-17-19-9-7-18(8-10-19)16-25-23(27)20-11-12-21(24)22(15-20)31(28,29)26-13-5-3-4-6-14-26/h7-12,15H,2-6,13-14,16-17H2,1H3,(H,25,27). The first-order valence-corrected chi connectivity index (χ1v) is 12.5. The summed E-state index contributed by atoms with van der Waals surface area (Å²) in [6, 6.07) is 12.2. The van der Waals surface area contributed by atoms with Gasteiger partial charge in [-0.1, -0.05) is 48.7 Å². The molecular formula is C23H29ClN2O4S. The third-order valence-electron chi connectivity index (χ3n) is 5.33. The number of nitrogens with one attached hydrogen (secondary N) is 1. The average molecular weight is 465 g/mol. The van der Waals surface area contributed by atoms with Crippen molar-refractivity contribution in [2.24, 2.45) is 0 Å². The van der Waals surface area contributed by atoms with Gasteiger partial charge in [-0.25, -0.2) is 8.42 Å². The van der Waals surface area contributed by atoms with E-state index < -0.39 is 10.0 Å². The first-order chi connectivity index (χ1) is 14.9. The van der Waals surface area contributed by atoms with Gasteiger partial charge in [0, 0.05) is 31.8 Å². The zero-order valence-corrected chi connectivity index (χ0v) is 19.3. The molecule has 1 aliphatic heterocycles. The van der Waals surface area contributed by atoms with Gasteiger partial charge in [0.1, 0.15) is 4.90 Å². The van der Waals surface area contributed by atoms with Crippen molar-refractivity contribution in [3.63, 3.8) is 0 Å². The van der Waals surface area contributed by atoms with E-state index in [0.29, 0.717) is 32.8 Å². The van der Waals surface area contributed by atoms with E-state index in [-0.39, 0.29) is 21.4 Å². The van der Waals surface area contributed by atoms with Crippen molar-refractivity contribution < 1.29 is 17.9 Å². The molecule has 0 bridgehead atoms. The lowest BCUT2D eigenvalue weighted by Gasteiger charge is -2.21. The first-order valence-electron chi connectivity index (χ1n) is 10.7. The summed E-state index contributed by atoms with van der Waals surface area (Å²) >= 11 is 6.22. The van der Waals surface area contributed by atoms with Gasteiger partial charge >= 0.3 is 0 Å². The SMILES string of the molecule is CCOCc1ccc(CNC(=O)c2ccc(Cl)c(S(=O)(=O)N3CCCCCC3)c2)cc1. The molecule has 0 spiro atoms. The molecule has 6 nitrogen and oxygen atoms in total. The van der Waals surface area contributed by atoms with Crippen LogP contribution in [0.3, 0.4) is 0 Å². The normalized spacial score (nSPS) is 15.4. The highest BCUT2D eigenvalue weighted by atomic mass is 35.5. The Balaban J connectivity index is 1.69. The van der Waals surface area contributed by atoms with Crippen molar-refractivity contribution in [3.05, 3.63) is 64.2 Å². The number of rotatable bonds is 8. The maximum absolute atomic E-state index is 13.1. The van der Waals surface area contributed by atoms with Crippen LogP contribution in [0.5, 0.6) is 0 Å². The van der Waals surface area contributed by atoms with Crippen LogP contribution in [0.2, 0.25) is 5.02 Å². The Labute approximate surface area is 189 Å². The van der Waals surface area contributed by atoms with E-state index in [1.165, 1.54) is 16.4 Å². The van der Waals surface area contributed by atoms with E-state index in [0.717, 1.165) is 36.8 Å². The topological polar surface area (TPSA) is 75.7 Å². The lowest BCUT2D eigenvalue weighted by atomic mass is 10.1. The minimum Gasteiger partial charge on any atom is -0.377 e. The van der Waals surface area contributed by atoms with Crippen LogP contribution < -0.4 is 5.32 Å². The summed E-state index contributed by atoms with van der Waals surface area (Å²) in [6.07, 6.45) is 3.71.